The summed E-state index contributed by atoms with van der Waals surface area (Å²) in [7, 11) is 0. The van der Waals surface area contributed by atoms with E-state index in [0.29, 0.717) is 18.8 Å². The van der Waals surface area contributed by atoms with Gasteiger partial charge in [-0.3, -0.25) is 4.79 Å². The maximum atomic E-state index is 12.0. The Morgan fingerprint density at radius 3 is 3.00 bits per heavy atom. The van der Waals surface area contributed by atoms with Crippen LogP contribution in [0.5, 0.6) is 5.75 Å². The Balaban J connectivity index is 2.17. The Morgan fingerprint density at radius 2 is 2.32 bits per heavy atom. The van der Waals surface area contributed by atoms with Gasteiger partial charge in [0, 0.05) is 11.8 Å². The molecule has 1 aromatic carbocycles. The van der Waals surface area contributed by atoms with Crippen LogP contribution in [-0.2, 0) is 9.53 Å². The molecule has 5 heteroatoms. The molecule has 5 nitrogen and oxygen atoms in total. The average Bonchev–Trinajstić information content (AvgIpc) is 2.40. The number of hydrogen-bond acceptors (Lipinski definition) is 4. The van der Waals surface area contributed by atoms with Gasteiger partial charge in [-0.2, -0.15) is 0 Å². The Labute approximate surface area is 113 Å². The van der Waals surface area contributed by atoms with E-state index in [9.17, 15) is 9.90 Å². The van der Waals surface area contributed by atoms with Crippen LogP contribution in [0.15, 0.2) is 24.3 Å². The smallest absolute Gasteiger partial charge is 0.253 e. The van der Waals surface area contributed by atoms with Crippen molar-refractivity contribution in [2.45, 2.75) is 25.4 Å². The number of morpholine rings is 1. The second-order valence-corrected chi connectivity index (χ2v) is 5.13. The summed E-state index contributed by atoms with van der Waals surface area (Å²) in [6.07, 6.45) is 1.67. The first-order valence-electron chi connectivity index (χ1n) is 6.47. The number of phenols is 1. The van der Waals surface area contributed by atoms with Crippen molar-refractivity contribution >= 4 is 11.6 Å². The first-order chi connectivity index (χ1) is 9.04. The zero-order valence-corrected chi connectivity index (χ0v) is 11.1. The van der Waals surface area contributed by atoms with Crippen LogP contribution in [0.3, 0.4) is 0 Å². The van der Waals surface area contributed by atoms with Crippen LogP contribution in [0.25, 0.3) is 0 Å². The summed E-state index contributed by atoms with van der Waals surface area (Å²) in [5.74, 6) is 0.0660. The number of anilines is 1. The van der Waals surface area contributed by atoms with E-state index >= 15 is 0 Å². The molecule has 0 radical (unpaired) electrons. The Kier molecular flexibility index (Phi) is 4.07. The Hall–Kier alpha value is -1.59. The molecule has 1 heterocycles. The molecular formula is C14H20N2O3. The summed E-state index contributed by atoms with van der Waals surface area (Å²) in [4.78, 5) is 13.6. The molecule has 0 saturated carbocycles. The van der Waals surface area contributed by atoms with E-state index in [1.54, 1.807) is 23.1 Å². The largest absolute Gasteiger partial charge is 0.508 e. The number of hydrogen-bond donors (Lipinski definition) is 2. The summed E-state index contributed by atoms with van der Waals surface area (Å²) >= 11 is 0. The van der Waals surface area contributed by atoms with Crippen molar-refractivity contribution in [3.05, 3.63) is 24.3 Å². The molecule has 1 amide bonds. The number of carbonyl (C=O) groups excluding carboxylic acids is 1. The molecule has 1 saturated heterocycles. The van der Waals surface area contributed by atoms with Gasteiger partial charge in [0.05, 0.1) is 12.1 Å². The van der Waals surface area contributed by atoms with Gasteiger partial charge in [-0.1, -0.05) is 6.07 Å². The van der Waals surface area contributed by atoms with E-state index in [1.165, 1.54) is 0 Å². The average molecular weight is 264 g/mol. The number of phenolic OH excluding ortho intramolecular Hbond substituents is 1. The van der Waals surface area contributed by atoms with Gasteiger partial charge in [0.15, 0.2) is 0 Å². The molecule has 0 aliphatic carbocycles. The summed E-state index contributed by atoms with van der Waals surface area (Å²) in [6, 6.07) is 6.71. The Morgan fingerprint density at radius 1 is 1.53 bits per heavy atom. The zero-order valence-electron chi connectivity index (χ0n) is 11.1. The number of amides is 1. The fraction of sp³-hybridized carbons (Fsp3) is 0.500. The topological polar surface area (TPSA) is 75.8 Å². The van der Waals surface area contributed by atoms with Gasteiger partial charge < -0.3 is 20.5 Å². The SMILES string of the molecule is CC1(CCCN)CN(c2cccc(O)c2)C(=O)CO1. The lowest BCUT2D eigenvalue weighted by Gasteiger charge is -2.40. The van der Waals surface area contributed by atoms with E-state index in [1.807, 2.05) is 13.0 Å². The van der Waals surface area contributed by atoms with Crippen LogP contribution in [0, 0.1) is 0 Å². The van der Waals surface area contributed by atoms with E-state index < -0.39 is 0 Å². The number of rotatable bonds is 4. The highest BCUT2D eigenvalue weighted by molar-refractivity contribution is 5.95. The summed E-state index contributed by atoms with van der Waals surface area (Å²) < 4.78 is 5.65. The molecular weight excluding hydrogens is 244 g/mol. The highest BCUT2D eigenvalue weighted by Crippen LogP contribution is 2.28. The normalized spacial score (nSPS) is 23.7. The molecule has 2 rings (SSSR count). The minimum Gasteiger partial charge on any atom is -0.508 e. The van der Waals surface area contributed by atoms with E-state index in [0.717, 1.165) is 12.8 Å². The van der Waals surface area contributed by atoms with Gasteiger partial charge in [-0.25, -0.2) is 0 Å². The predicted octanol–water partition coefficient (Wildman–Crippen LogP) is 1.25. The van der Waals surface area contributed by atoms with Crippen LogP contribution < -0.4 is 10.6 Å². The lowest BCUT2D eigenvalue weighted by molar-refractivity contribution is -0.137. The molecule has 0 spiro atoms. The van der Waals surface area contributed by atoms with Crippen molar-refractivity contribution in [3.63, 3.8) is 0 Å². The Bertz CT molecular complexity index is 464. The molecule has 19 heavy (non-hydrogen) atoms. The lowest BCUT2D eigenvalue weighted by atomic mass is 9.97. The van der Waals surface area contributed by atoms with Crippen molar-refractivity contribution in [2.24, 2.45) is 5.73 Å². The number of nitrogens with two attached hydrogens (primary N) is 1. The molecule has 0 bridgehead atoms. The number of nitrogens with zero attached hydrogens (tertiary/aromatic N) is 1. The second kappa shape index (κ2) is 5.59. The van der Waals surface area contributed by atoms with Gasteiger partial charge in [-0.15, -0.1) is 0 Å². The zero-order chi connectivity index (χ0) is 13.9. The molecule has 1 atom stereocenters. The number of carbonyl (C=O) groups is 1. The highest BCUT2D eigenvalue weighted by atomic mass is 16.5. The number of aromatic hydroxyl groups is 1. The van der Waals surface area contributed by atoms with Crippen LogP contribution in [0.1, 0.15) is 19.8 Å². The summed E-state index contributed by atoms with van der Waals surface area (Å²) in [5.41, 5.74) is 5.85. The first-order valence-corrected chi connectivity index (χ1v) is 6.47. The van der Waals surface area contributed by atoms with E-state index in [4.69, 9.17) is 10.5 Å². The third-order valence-corrected chi connectivity index (χ3v) is 3.39. The number of ether oxygens (including phenoxy) is 1. The van der Waals surface area contributed by atoms with Gasteiger partial charge in [-0.05, 0) is 38.4 Å². The van der Waals surface area contributed by atoms with Gasteiger partial charge >= 0.3 is 0 Å². The molecule has 1 aliphatic heterocycles. The molecule has 1 fully saturated rings. The van der Waals surface area contributed by atoms with E-state index in [2.05, 4.69) is 0 Å². The quantitative estimate of drug-likeness (QED) is 0.858. The highest BCUT2D eigenvalue weighted by Gasteiger charge is 2.36. The van der Waals surface area contributed by atoms with Crippen molar-refractivity contribution in [2.75, 3.05) is 24.6 Å². The number of benzene rings is 1. The molecule has 104 valence electrons. The van der Waals surface area contributed by atoms with Crippen molar-refractivity contribution in [3.8, 4) is 5.75 Å². The van der Waals surface area contributed by atoms with Crippen molar-refractivity contribution in [1.29, 1.82) is 0 Å². The van der Waals surface area contributed by atoms with Crippen LogP contribution >= 0.6 is 0 Å². The van der Waals surface area contributed by atoms with Gasteiger partial charge in [0.25, 0.3) is 5.91 Å². The second-order valence-electron chi connectivity index (χ2n) is 5.13. The fourth-order valence-electron chi connectivity index (χ4n) is 2.31. The minimum absolute atomic E-state index is 0.0662. The molecule has 0 aromatic heterocycles. The molecule has 1 aliphatic rings. The molecule has 3 N–H and O–H groups in total. The van der Waals surface area contributed by atoms with Crippen LogP contribution in [-0.4, -0.2) is 36.3 Å². The molecule has 1 aromatic rings. The third kappa shape index (κ3) is 3.24. The van der Waals surface area contributed by atoms with Crippen LogP contribution in [0.2, 0.25) is 0 Å². The summed E-state index contributed by atoms with van der Waals surface area (Å²) in [5, 5.41) is 9.52. The van der Waals surface area contributed by atoms with Crippen molar-refractivity contribution < 1.29 is 14.6 Å². The first kappa shape index (κ1) is 13.8. The van der Waals surface area contributed by atoms with Gasteiger partial charge in [0.2, 0.25) is 0 Å². The maximum absolute atomic E-state index is 12.0. The maximum Gasteiger partial charge on any atom is 0.253 e. The van der Waals surface area contributed by atoms with E-state index in [-0.39, 0.29) is 23.9 Å². The lowest BCUT2D eigenvalue weighted by Crippen LogP contribution is -2.53. The summed E-state index contributed by atoms with van der Waals surface area (Å²) in [6.45, 7) is 3.15. The monoisotopic (exact) mass is 264 g/mol. The molecule has 1 unspecified atom stereocenters. The standard InChI is InChI=1S/C14H20N2O3/c1-14(6-3-7-15)10-16(13(18)9-19-14)11-4-2-5-12(17)8-11/h2,4-5,8,17H,3,6-7,9-10,15H2,1H3. The third-order valence-electron chi connectivity index (χ3n) is 3.39. The van der Waals surface area contributed by atoms with Crippen LogP contribution in [0.4, 0.5) is 5.69 Å². The minimum atomic E-state index is -0.376. The van der Waals surface area contributed by atoms with Crippen molar-refractivity contribution in [1.82, 2.24) is 0 Å². The van der Waals surface area contributed by atoms with Gasteiger partial charge in [0.1, 0.15) is 12.4 Å². The fourth-order valence-corrected chi connectivity index (χ4v) is 2.31. The predicted molar refractivity (Wildman–Crippen MR) is 73.1 cm³/mol.